The van der Waals surface area contributed by atoms with Crippen LogP contribution in [0.25, 0.3) is 0 Å². The maximum Gasteiger partial charge on any atom is 0.258 e. The molecule has 0 fully saturated rings. The number of carbonyl (C=O) groups excluding carboxylic acids is 2. The van der Waals surface area contributed by atoms with Crippen LogP contribution in [0.2, 0.25) is 0 Å². The van der Waals surface area contributed by atoms with Crippen LogP contribution in [0.3, 0.4) is 0 Å². The molecule has 0 atom stereocenters. The highest BCUT2D eigenvalue weighted by Crippen LogP contribution is 2.36. The molecule has 3 N–H and O–H groups in total. The Hall–Kier alpha value is -3.61. The number of fused-ring (bicyclic) bond motifs is 2. The first kappa shape index (κ1) is 16.8. The van der Waals surface area contributed by atoms with Crippen LogP contribution in [-0.2, 0) is 13.6 Å². The number of carbonyl (C=O) groups is 2. The lowest BCUT2D eigenvalue weighted by atomic mass is 10.0. The zero-order chi connectivity index (χ0) is 19.1. The van der Waals surface area contributed by atoms with Crippen molar-refractivity contribution in [3.63, 3.8) is 0 Å². The molecule has 2 amide bonds. The second-order valence-corrected chi connectivity index (χ2v) is 6.57. The van der Waals surface area contributed by atoms with Crippen molar-refractivity contribution in [1.29, 1.82) is 0 Å². The standard InChI is InChI=1S/C20H19N5O2/c1-12-9-13(18(21)26)7-8-15(12)20(27)25-11-14-10-22-24(2)19(14)23-16-5-3-4-6-17(16)25/h3-10,23H,11H2,1-2H3,(H2,21,26). The van der Waals surface area contributed by atoms with Gasteiger partial charge >= 0.3 is 0 Å². The van der Waals surface area contributed by atoms with E-state index in [4.69, 9.17) is 5.73 Å². The quantitative estimate of drug-likeness (QED) is 0.734. The summed E-state index contributed by atoms with van der Waals surface area (Å²) in [5.74, 6) is 0.203. The van der Waals surface area contributed by atoms with Crippen LogP contribution in [0.5, 0.6) is 0 Å². The number of aryl methyl sites for hydroxylation is 2. The van der Waals surface area contributed by atoms with E-state index in [1.807, 2.05) is 31.3 Å². The Morgan fingerprint density at radius 2 is 1.96 bits per heavy atom. The predicted molar refractivity (Wildman–Crippen MR) is 103 cm³/mol. The molecule has 1 aromatic heterocycles. The molecular formula is C20H19N5O2. The molecule has 7 nitrogen and oxygen atoms in total. The first-order valence-electron chi connectivity index (χ1n) is 8.55. The fourth-order valence-electron chi connectivity index (χ4n) is 3.34. The highest BCUT2D eigenvalue weighted by Gasteiger charge is 2.27. The Kier molecular flexibility index (Phi) is 3.92. The number of amides is 2. The molecule has 2 aromatic carbocycles. The molecule has 4 rings (SSSR count). The van der Waals surface area contributed by atoms with Crippen molar-refractivity contribution in [2.75, 3.05) is 10.2 Å². The average molecular weight is 361 g/mol. The third-order valence-electron chi connectivity index (χ3n) is 4.78. The van der Waals surface area contributed by atoms with Gasteiger partial charge in [0.1, 0.15) is 5.82 Å². The molecule has 0 spiro atoms. The maximum absolute atomic E-state index is 13.4. The van der Waals surface area contributed by atoms with Gasteiger partial charge in [0.05, 0.1) is 24.1 Å². The second-order valence-electron chi connectivity index (χ2n) is 6.57. The van der Waals surface area contributed by atoms with Crippen LogP contribution < -0.4 is 16.0 Å². The van der Waals surface area contributed by atoms with Crippen LogP contribution >= 0.6 is 0 Å². The average Bonchev–Trinajstić information content (AvgIpc) is 2.90. The highest BCUT2D eigenvalue weighted by molar-refractivity contribution is 6.09. The Balaban J connectivity index is 1.80. The lowest BCUT2D eigenvalue weighted by molar-refractivity contribution is 0.0978. The summed E-state index contributed by atoms with van der Waals surface area (Å²) in [6, 6.07) is 12.5. The van der Waals surface area contributed by atoms with Crippen molar-refractivity contribution in [2.24, 2.45) is 12.8 Å². The number of anilines is 3. The lowest BCUT2D eigenvalue weighted by Crippen LogP contribution is -2.30. The fraction of sp³-hybridized carbons (Fsp3) is 0.150. The minimum atomic E-state index is -0.513. The van der Waals surface area contributed by atoms with Crippen molar-refractivity contribution in [3.8, 4) is 0 Å². The molecule has 1 aliphatic heterocycles. The number of primary amides is 1. The summed E-state index contributed by atoms with van der Waals surface area (Å²) in [5, 5.41) is 7.66. The summed E-state index contributed by atoms with van der Waals surface area (Å²) in [5.41, 5.74) is 9.51. The fourth-order valence-corrected chi connectivity index (χ4v) is 3.34. The monoisotopic (exact) mass is 361 g/mol. The number of hydrogen-bond acceptors (Lipinski definition) is 4. The number of nitrogens with one attached hydrogen (secondary N) is 1. The Bertz CT molecular complexity index is 1070. The van der Waals surface area contributed by atoms with Crippen molar-refractivity contribution >= 4 is 29.0 Å². The molecule has 0 unspecified atom stereocenters. The third kappa shape index (κ3) is 2.83. The van der Waals surface area contributed by atoms with E-state index in [1.54, 1.807) is 40.9 Å². The molecule has 0 radical (unpaired) electrons. The molecule has 1 aliphatic rings. The van der Waals surface area contributed by atoms with E-state index >= 15 is 0 Å². The normalized spacial score (nSPS) is 12.6. The van der Waals surface area contributed by atoms with Crippen molar-refractivity contribution in [2.45, 2.75) is 13.5 Å². The van der Waals surface area contributed by atoms with E-state index in [2.05, 4.69) is 10.4 Å². The summed E-state index contributed by atoms with van der Waals surface area (Å²) in [4.78, 5) is 26.5. The Morgan fingerprint density at radius 3 is 2.70 bits per heavy atom. The molecule has 136 valence electrons. The number of aromatic nitrogens is 2. The topological polar surface area (TPSA) is 93.2 Å². The molecule has 3 aromatic rings. The minimum Gasteiger partial charge on any atom is -0.366 e. The van der Waals surface area contributed by atoms with E-state index in [1.165, 1.54) is 0 Å². The van der Waals surface area contributed by atoms with Crippen molar-refractivity contribution < 1.29 is 9.59 Å². The summed E-state index contributed by atoms with van der Waals surface area (Å²) in [6.07, 6.45) is 1.76. The summed E-state index contributed by atoms with van der Waals surface area (Å²) >= 11 is 0. The molecule has 2 heterocycles. The van der Waals surface area contributed by atoms with Crippen LogP contribution in [0.4, 0.5) is 17.2 Å². The predicted octanol–water partition coefficient (Wildman–Crippen LogP) is 2.73. The highest BCUT2D eigenvalue weighted by atomic mass is 16.2. The summed E-state index contributed by atoms with van der Waals surface area (Å²) < 4.78 is 1.76. The molecule has 7 heteroatoms. The second kappa shape index (κ2) is 6.28. The lowest BCUT2D eigenvalue weighted by Gasteiger charge is -2.23. The van der Waals surface area contributed by atoms with Gasteiger partial charge in [-0.1, -0.05) is 12.1 Å². The number of para-hydroxylation sites is 2. The third-order valence-corrected chi connectivity index (χ3v) is 4.78. The van der Waals surface area contributed by atoms with Gasteiger partial charge in [0.25, 0.3) is 5.91 Å². The minimum absolute atomic E-state index is 0.144. The van der Waals surface area contributed by atoms with Crippen molar-refractivity contribution in [3.05, 3.63) is 70.9 Å². The van der Waals surface area contributed by atoms with Gasteiger partial charge in [-0.25, -0.2) is 0 Å². The number of nitrogens with zero attached hydrogens (tertiary/aromatic N) is 3. The van der Waals surface area contributed by atoms with Crippen LogP contribution in [0.15, 0.2) is 48.7 Å². The molecule has 0 saturated carbocycles. The molecule has 0 bridgehead atoms. The SMILES string of the molecule is Cc1cc(C(N)=O)ccc1C(=O)N1Cc2cnn(C)c2Nc2ccccc21. The van der Waals surface area contributed by atoms with Gasteiger partial charge in [-0.15, -0.1) is 0 Å². The van der Waals surface area contributed by atoms with E-state index < -0.39 is 5.91 Å². The Morgan fingerprint density at radius 1 is 1.19 bits per heavy atom. The van der Waals surface area contributed by atoms with E-state index in [9.17, 15) is 9.59 Å². The summed E-state index contributed by atoms with van der Waals surface area (Å²) in [6.45, 7) is 2.19. The van der Waals surface area contributed by atoms with Gasteiger partial charge in [-0.2, -0.15) is 5.10 Å². The van der Waals surface area contributed by atoms with Crippen molar-refractivity contribution in [1.82, 2.24) is 9.78 Å². The molecule has 0 aliphatic carbocycles. The number of rotatable bonds is 2. The zero-order valence-corrected chi connectivity index (χ0v) is 15.1. The van der Waals surface area contributed by atoms with Gasteiger partial charge in [-0.05, 0) is 42.8 Å². The first-order valence-corrected chi connectivity index (χ1v) is 8.55. The van der Waals surface area contributed by atoms with Crippen LogP contribution in [0.1, 0.15) is 31.8 Å². The Labute approximate surface area is 156 Å². The van der Waals surface area contributed by atoms with Gasteiger partial charge in [0, 0.05) is 23.7 Å². The van der Waals surface area contributed by atoms with Gasteiger partial charge < -0.3 is 16.0 Å². The van der Waals surface area contributed by atoms with E-state index in [0.717, 1.165) is 22.8 Å². The van der Waals surface area contributed by atoms with Gasteiger partial charge in [0.2, 0.25) is 5.91 Å². The van der Waals surface area contributed by atoms with Gasteiger partial charge in [-0.3, -0.25) is 14.3 Å². The van der Waals surface area contributed by atoms with E-state index in [-0.39, 0.29) is 5.91 Å². The van der Waals surface area contributed by atoms with E-state index in [0.29, 0.717) is 23.2 Å². The number of nitrogens with two attached hydrogens (primary N) is 1. The largest absolute Gasteiger partial charge is 0.366 e. The maximum atomic E-state index is 13.4. The first-order chi connectivity index (χ1) is 13.0. The van der Waals surface area contributed by atoms with Crippen LogP contribution in [0, 0.1) is 6.92 Å². The number of hydrogen-bond donors (Lipinski definition) is 2. The molecule has 27 heavy (non-hydrogen) atoms. The molecule has 0 saturated heterocycles. The van der Waals surface area contributed by atoms with Crippen LogP contribution in [-0.4, -0.2) is 21.6 Å². The molecular weight excluding hydrogens is 342 g/mol. The summed E-state index contributed by atoms with van der Waals surface area (Å²) in [7, 11) is 1.86. The zero-order valence-electron chi connectivity index (χ0n) is 15.1. The van der Waals surface area contributed by atoms with Gasteiger partial charge in [0.15, 0.2) is 0 Å². The number of benzene rings is 2. The smallest absolute Gasteiger partial charge is 0.258 e.